The van der Waals surface area contributed by atoms with E-state index in [4.69, 9.17) is 0 Å². The van der Waals surface area contributed by atoms with Crippen LogP contribution in [0.2, 0.25) is 0 Å². The van der Waals surface area contributed by atoms with E-state index < -0.39 is 63.2 Å². The first-order valence-corrected chi connectivity index (χ1v) is 18.5. The Balaban J connectivity index is 1.22. The predicted octanol–water partition coefficient (Wildman–Crippen LogP) is 14.9. The molecule has 0 nitrogen and oxygen atoms in total. The van der Waals surface area contributed by atoms with Crippen LogP contribution in [0.1, 0.15) is 65.3 Å². The van der Waals surface area contributed by atoms with Crippen molar-refractivity contribution in [2.45, 2.75) is 68.6 Å². The van der Waals surface area contributed by atoms with E-state index in [1.54, 1.807) is 25.1 Å². The van der Waals surface area contributed by atoms with E-state index in [2.05, 4.69) is 0 Å². The van der Waals surface area contributed by atoms with Crippen LogP contribution in [-0.4, -0.2) is 18.5 Å². The first kappa shape index (κ1) is 39.0. The average molecular weight is 823 g/mol. The van der Waals surface area contributed by atoms with Crippen molar-refractivity contribution in [3.8, 4) is 55.6 Å². The summed E-state index contributed by atoms with van der Waals surface area (Å²) >= 11 is 0. The first-order chi connectivity index (χ1) is 27.3. The summed E-state index contributed by atoms with van der Waals surface area (Å²) in [5, 5.41) is 0. The lowest BCUT2D eigenvalue weighted by atomic mass is 9.76. The lowest BCUT2D eigenvalue weighted by Gasteiger charge is -2.32. The molecule has 0 fully saturated rings. The molecule has 3 aliphatic carbocycles. The Morgan fingerprint density at radius 3 is 1.14 bits per heavy atom. The third-order valence-electron chi connectivity index (χ3n) is 13.1. The zero-order chi connectivity index (χ0) is 42.6. The number of fused-ring (bicyclic) bond motifs is 9. The monoisotopic (exact) mass is 822 g/mol. The quantitative estimate of drug-likeness (QED) is 0.153. The van der Waals surface area contributed by atoms with Gasteiger partial charge in [-0.1, -0.05) is 78.9 Å². The van der Waals surface area contributed by atoms with Crippen LogP contribution in [0, 0.1) is 6.92 Å². The number of benzene rings is 6. The molecule has 3 unspecified atom stereocenters. The minimum Gasteiger partial charge on any atom is -0.170 e. The van der Waals surface area contributed by atoms with Crippen LogP contribution in [0.3, 0.4) is 0 Å². The maximum atomic E-state index is 15.6. The van der Waals surface area contributed by atoms with Gasteiger partial charge >= 0.3 is 24.7 Å². The number of rotatable bonds is 2. The Morgan fingerprint density at radius 1 is 0.339 bits per heavy atom. The molecular formula is C47H30F12. The highest BCUT2D eigenvalue weighted by atomic mass is 19.4. The van der Waals surface area contributed by atoms with Gasteiger partial charge in [0.1, 0.15) is 16.2 Å². The highest BCUT2D eigenvalue weighted by Gasteiger charge is 2.61. The van der Waals surface area contributed by atoms with Gasteiger partial charge in [-0.15, -0.1) is 0 Å². The van der Waals surface area contributed by atoms with Crippen LogP contribution in [0.25, 0.3) is 55.6 Å². The van der Waals surface area contributed by atoms with Crippen LogP contribution in [0.4, 0.5) is 52.7 Å². The van der Waals surface area contributed by atoms with Crippen LogP contribution in [-0.2, 0) is 22.4 Å². The molecule has 6 aromatic rings. The summed E-state index contributed by atoms with van der Waals surface area (Å²) in [6.07, 6.45) is -19.9. The summed E-state index contributed by atoms with van der Waals surface area (Å²) in [5.74, 6) is 0. The van der Waals surface area contributed by atoms with E-state index >= 15 is 13.2 Å². The van der Waals surface area contributed by atoms with Gasteiger partial charge in [0, 0.05) is 0 Å². The lowest BCUT2D eigenvalue weighted by Crippen LogP contribution is -2.39. The van der Waals surface area contributed by atoms with E-state index in [0.29, 0.717) is 22.8 Å². The van der Waals surface area contributed by atoms with Gasteiger partial charge in [0.05, 0.1) is 5.56 Å². The lowest BCUT2D eigenvalue weighted by molar-refractivity contribution is -0.172. The fraction of sp³-hybridized carbons (Fsp3) is 0.234. The molecule has 0 saturated carbocycles. The molecule has 0 heterocycles. The zero-order valence-electron chi connectivity index (χ0n) is 31.4. The van der Waals surface area contributed by atoms with Gasteiger partial charge in [-0.2, -0.15) is 52.7 Å². The van der Waals surface area contributed by atoms with Gasteiger partial charge in [-0.05, 0) is 153 Å². The van der Waals surface area contributed by atoms with E-state index in [0.717, 1.165) is 32.9 Å². The molecule has 12 heteroatoms. The van der Waals surface area contributed by atoms with Gasteiger partial charge in [0.2, 0.25) is 0 Å². The third kappa shape index (κ3) is 5.00. The Labute approximate surface area is 330 Å². The van der Waals surface area contributed by atoms with Crippen molar-refractivity contribution in [3.63, 3.8) is 0 Å². The highest BCUT2D eigenvalue weighted by molar-refractivity contribution is 5.91. The van der Waals surface area contributed by atoms with E-state index in [9.17, 15) is 39.5 Å². The molecule has 0 N–H and O–H groups in total. The van der Waals surface area contributed by atoms with Crippen molar-refractivity contribution in [1.29, 1.82) is 0 Å². The first-order valence-electron chi connectivity index (χ1n) is 18.5. The molecule has 0 aromatic heterocycles. The smallest absolute Gasteiger partial charge is 0.170 e. The van der Waals surface area contributed by atoms with Crippen molar-refractivity contribution in [1.82, 2.24) is 0 Å². The molecule has 302 valence electrons. The summed E-state index contributed by atoms with van der Waals surface area (Å²) in [6, 6.07) is 23.3. The minimum atomic E-state index is -5.11. The summed E-state index contributed by atoms with van der Waals surface area (Å²) in [4.78, 5) is 0. The van der Waals surface area contributed by atoms with Gasteiger partial charge in [0.15, 0.2) is 0 Å². The third-order valence-corrected chi connectivity index (χ3v) is 13.1. The summed E-state index contributed by atoms with van der Waals surface area (Å²) in [7, 11) is 0. The SMILES string of the molecule is Cc1cc2c(cc1-c1ccc3c(c1)C(C)(C(F)(F)F)c1cc(-c4cc5c(cc4C(F)(F)F)-c4ccccc4C5(C)C(F)(F)F)ccc1-3)C(C)(C(F)(F)F)c1ccccc1-2. The second-order valence-electron chi connectivity index (χ2n) is 16.1. The van der Waals surface area contributed by atoms with Crippen LogP contribution in [0.15, 0.2) is 109 Å². The maximum Gasteiger partial charge on any atom is 0.417 e. The topological polar surface area (TPSA) is 0 Å². The molecule has 0 saturated heterocycles. The fourth-order valence-electron chi connectivity index (χ4n) is 9.75. The average Bonchev–Trinajstić information content (AvgIpc) is 3.69. The van der Waals surface area contributed by atoms with Crippen molar-refractivity contribution < 1.29 is 52.7 Å². The molecule has 3 atom stereocenters. The predicted molar refractivity (Wildman–Crippen MR) is 201 cm³/mol. The Bertz CT molecular complexity index is 2780. The van der Waals surface area contributed by atoms with Crippen LogP contribution >= 0.6 is 0 Å². The maximum absolute atomic E-state index is 15.6. The molecule has 9 rings (SSSR count). The Hall–Kier alpha value is -5.52. The molecule has 0 radical (unpaired) electrons. The van der Waals surface area contributed by atoms with Crippen molar-refractivity contribution >= 4 is 0 Å². The normalized spacial score (nSPS) is 21.8. The number of hydrogen-bond acceptors (Lipinski definition) is 0. The van der Waals surface area contributed by atoms with E-state index in [1.165, 1.54) is 72.8 Å². The van der Waals surface area contributed by atoms with Crippen molar-refractivity contribution in [2.24, 2.45) is 0 Å². The largest absolute Gasteiger partial charge is 0.417 e. The second kappa shape index (κ2) is 11.8. The highest BCUT2D eigenvalue weighted by Crippen LogP contribution is 2.62. The number of alkyl halides is 12. The van der Waals surface area contributed by atoms with Crippen molar-refractivity contribution in [2.75, 3.05) is 0 Å². The number of aryl methyl sites for hydroxylation is 1. The number of hydrogen-bond donors (Lipinski definition) is 0. The van der Waals surface area contributed by atoms with Gasteiger partial charge < -0.3 is 0 Å². The molecule has 0 aliphatic heterocycles. The summed E-state index contributed by atoms with van der Waals surface area (Å²) < 4.78 is 181. The zero-order valence-corrected chi connectivity index (χ0v) is 31.4. The molecule has 6 aromatic carbocycles. The molecule has 0 spiro atoms. The molecule has 0 bridgehead atoms. The minimum absolute atomic E-state index is 0.0320. The summed E-state index contributed by atoms with van der Waals surface area (Å²) in [6.45, 7) is 4.47. The van der Waals surface area contributed by atoms with Gasteiger partial charge in [0.25, 0.3) is 0 Å². The molecule has 3 aliphatic rings. The fourth-order valence-corrected chi connectivity index (χ4v) is 9.75. The Morgan fingerprint density at radius 2 is 0.695 bits per heavy atom. The number of halogens is 12. The second-order valence-corrected chi connectivity index (χ2v) is 16.1. The van der Waals surface area contributed by atoms with Crippen molar-refractivity contribution in [3.05, 3.63) is 154 Å². The molecular weight excluding hydrogens is 792 g/mol. The van der Waals surface area contributed by atoms with E-state index in [1.807, 2.05) is 0 Å². The van der Waals surface area contributed by atoms with Crippen LogP contribution in [0.5, 0.6) is 0 Å². The molecule has 59 heavy (non-hydrogen) atoms. The Kier molecular flexibility index (Phi) is 7.81. The standard InChI is InChI=1S/C47H30F12/c1-23-17-32-26-9-5-7-11-34(26)41(2,45(51,52)53)38(32)20-30(23)24-13-15-28-29-16-14-25(19-37(29)43(4,36(28)18-24)47(57,58)59)31-21-39-33(22-40(31)44(48,49)50)27-10-6-8-12-35(27)42(39,3)46(54,55)56/h5-22H,1-4H3. The van der Waals surface area contributed by atoms with Gasteiger partial charge in [-0.25, -0.2) is 0 Å². The van der Waals surface area contributed by atoms with E-state index in [-0.39, 0.29) is 61.2 Å². The molecule has 0 amide bonds. The van der Waals surface area contributed by atoms with Gasteiger partial charge in [-0.3, -0.25) is 0 Å². The van der Waals surface area contributed by atoms with Crippen LogP contribution < -0.4 is 0 Å². The summed E-state index contributed by atoms with van der Waals surface area (Å²) in [5.41, 5.74) is -10.3.